The second-order valence-electron chi connectivity index (χ2n) is 6.53. The zero-order chi connectivity index (χ0) is 18.4. The van der Waals surface area contributed by atoms with Gasteiger partial charge in [0, 0.05) is 42.9 Å². The number of thiophene rings is 1. The summed E-state index contributed by atoms with van der Waals surface area (Å²) in [7, 11) is 1.78. The third kappa shape index (κ3) is 5.08. The Labute approximate surface area is 159 Å². The number of guanidine groups is 1. The van der Waals surface area contributed by atoms with Crippen LogP contribution < -0.4 is 10.6 Å². The molecule has 5 nitrogen and oxygen atoms in total. The van der Waals surface area contributed by atoms with Crippen molar-refractivity contribution in [3.63, 3.8) is 0 Å². The molecular weight excluding hydrogens is 344 g/mol. The molecular formula is C20H26N4OS. The van der Waals surface area contributed by atoms with Crippen LogP contribution in [0.3, 0.4) is 0 Å². The summed E-state index contributed by atoms with van der Waals surface area (Å²) in [4.78, 5) is 20.5. The molecule has 0 bridgehead atoms. The molecule has 1 aromatic carbocycles. The maximum atomic E-state index is 11.7. The molecule has 3 rings (SSSR count). The average molecular weight is 371 g/mol. The molecule has 6 heteroatoms. The molecule has 1 amide bonds. The van der Waals surface area contributed by atoms with E-state index in [-0.39, 0.29) is 5.91 Å². The number of aliphatic imine (C=N–C) groups is 1. The number of carbonyl (C=O) groups excluding carboxylic acids is 1. The molecule has 1 aliphatic rings. The zero-order valence-corrected chi connectivity index (χ0v) is 16.2. The molecule has 1 aliphatic heterocycles. The van der Waals surface area contributed by atoms with Crippen molar-refractivity contribution in [2.75, 3.05) is 13.6 Å². The van der Waals surface area contributed by atoms with E-state index in [1.807, 2.05) is 4.90 Å². The van der Waals surface area contributed by atoms with Crippen molar-refractivity contribution in [1.29, 1.82) is 0 Å². The minimum Gasteiger partial charge on any atom is -0.352 e. The molecule has 1 fully saturated rings. The first-order chi connectivity index (χ1) is 12.6. The van der Waals surface area contributed by atoms with E-state index in [0.717, 1.165) is 32.0 Å². The van der Waals surface area contributed by atoms with Crippen LogP contribution in [0, 0.1) is 6.92 Å². The van der Waals surface area contributed by atoms with Crippen molar-refractivity contribution in [3.05, 3.63) is 57.3 Å². The molecule has 1 aromatic heterocycles. The van der Waals surface area contributed by atoms with Crippen LogP contribution in [0.15, 0.2) is 41.4 Å². The van der Waals surface area contributed by atoms with Crippen molar-refractivity contribution in [2.24, 2.45) is 4.99 Å². The Balaban J connectivity index is 1.46. The third-order valence-corrected chi connectivity index (χ3v) is 5.48. The number of hydrogen-bond acceptors (Lipinski definition) is 3. The molecule has 2 aromatic rings. The summed E-state index contributed by atoms with van der Waals surface area (Å²) in [5, 5.41) is 6.68. The topological polar surface area (TPSA) is 56.7 Å². The van der Waals surface area contributed by atoms with E-state index in [2.05, 4.69) is 58.9 Å². The summed E-state index contributed by atoms with van der Waals surface area (Å²) in [6.07, 6.45) is 1.68. The van der Waals surface area contributed by atoms with Crippen LogP contribution in [0.4, 0.5) is 0 Å². The van der Waals surface area contributed by atoms with E-state index in [1.54, 1.807) is 18.4 Å². The summed E-state index contributed by atoms with van der Waals surface area (Å²) in [6.45, 7) is 5.21. The number of amides is 1. The normalized spacial score (nSPS) is 14.8. The Morgan fingerprint density at radius 2 is 1.85 bits per heavy atom. The molecule has 0 radical (unpaired) electrons. The summed E-state index contributed by atoms with van der Waals surface area (Å²) in [5.41, 5.74) is 2.37. The molecule has 2 heterocycles. The van der Waals surface area contributed by atoms with Crippen molar-refractivity contribution < 1.29 is 4.79 Å². The number of nitrogens with one attached hydrogen (secondary N) is 2. The smallest absolute Gasteiger partial charge is 0.222 e. The minimum absolute atomic E-state index is 0.270. The fourth-order valence-electron chi connectivity index (χ4n) is 3.01. The number of likely N-dealkylation sites (tertiary alicyclic amines) is 1. The van der Waals surface area contributed by atoms with Gasteiger partial charge in [-0.05, 0) is 36.6 Å². The van der Waals surface area contributed by atoms with Gasteiger partial charge in [0.05, 0.1) is 6.54 Å². The van der Waals surface area contributed by atoms with Crippen molar-refractivity contribution in [1.82, 2.24) is 15.5 Å². The van der Waals surface area contributed by atoms with E-state index < -0.39 is 0 Å². The van der Waals surface area contributed by atoms with Crippen LogP contribution in [0.1, 0.15) is 33.7 Å². The highest BCUT2D eigenvalue weighted by Gasteiger charge is 2.19. The summed E-state index contributed by atoms with van der Waals surface area (Å²) < 4.78 is 0. The number of benzene rings is 1. The van der Waals surface area contributed by atoms with Gasteiger partial charge in [-0.3, -0.25) is 9.79 Å². The van der Waals surface area contributed by atoms with E-state index in [0.29, 0.717) is 13.0 Å². The molecule has 2 N–H and O–H groups in total. The Morgan fingerprint density at radius 1 is 1.12 bits per heavy atom. The highest BCUT2D eigenvalue weighted by Crippen LogP contribution is 2.15. The van der Waals surface area contributed by atoms with Gasteiger partial charge in [0.15, 0.2) is 5.96 Å². The fourth-order valence-corrected chi connectivity index (χ4v) is 3.84. The van der Waals surface area contributed by atoms with Gasteiger partial charge in [-0.25, -0.2) is 0 Å². The average Bonchev–Trinajstić information content (AvgIpc) is 3.25. The largest absolute Gasteiger partial charge is 0.352 e. The first-order valence-electron chi connectivity index (χ1n) is 8.99. The SMILES string of the molecule is CN=C(NCc1ccc(CN2CCCC2=O)cc1)NCc1ccc(C)s1. The lowest BCUT2D eigenvalue weighted by Gasteiger charge is -2.16. The molecule has 26 heavy (non-hydrogen) atoms. The molecule has 0 spiro atoms. The van der Waals surface area contributed by atoms with Crippen LogP contribution in [0.2, 0.25) is 0 Å². The molecule has 0 saturated carbocycles. The van der Waals surface area contributed by atoms with E-state index in [4.69, 9.17) is 0 Å². The standard InChI is InChI=1S/C20H26N4OS/c1-15-5-10-18(26-15)13-23-20(21-2)22-12-16-6-8-17(9-7-16)14-24-11-3-4-19(24)25/h5-10H,3-4,11-14H2,1-2H3,(H2,21,22,23). The zero-order valence-electron chi connectivity index (χ0n) is 15.4. The Kier molecular flexibility index (Phi) is 6.28. The summed E-state index contributed by atoms with van der Waals surface area (Å²) in [5.74, 6) is 1.06. The second-order valence-corrected chi connectivity index (χ2v) is 7.90. The Morgan fingerprint density at radius 3 is 2.46 bits per heavy atom. The first-order valence-corrected chi connectivity index (χ1v) is 9.81. The fraction of sp³-hybridized carbons (Fsp3) is 0.400. The van der Waals surface area contributed by atoms with Crippen LogP contribution in [0.25, 0.3) is 0 Å². The lowest BCUT2D eigenvalue weighted by atomic mass is 10.1. The quantitative estimate of drug-likeness (QED) is 0.607. The van der Waals surface area contributed by atoms with Gasteiger partial charge in [-0.1, -0.05) is 24.3 Å². The van der Waals surface area contributed by atoms with E-state index in [1.165, 1.54) is 20.9 Å². The molecule has 0 unspecified atom stereocenters. The monoisotopic (exact) mass is 370 g/mol. The Bertz CT molecular complexity index is 766. The van der Waals surface area contributed by atoms with Gasteiger partial charge < -0.3 is 15.5 Å². The maximum Gasteiger partial charge on any atom is 0.222 e. The number of rotatable bonds is 6. The van der Waals surface area contributed by atoms with Crippen molar-refractivity contribution >= 4 is 23.2 Å². The van der Waals surface area contributed by atoms with Gasteiger partial charge >= 0.3 is 0 Å². The predicted molar refractivity (Wildman–Crippen MR) is 107 cm³/mol. The van der Waals surface area contributed by atoms with Crippen LogP contribution in [-0.2, 0) is 24.4 Å². The first kappa shape index (κ1) is 18.5. The van der Waals surface area contributed by atoms with Crippen LogP contribution >= 0.6 is 11.3 Å². The summed E-state index contributed by atoms with van der Waals surface area (Å²) in [6, 6.07) is 12.7. The van der Waals surface area contributed by atoms with E-state index >= 15 is 0 Å². The van der Waals surface area contributed by atoms with Crippen LogP contribution in [0.5, 0.6) is 0 Å². The molecule has 1 saturated heterocycles. The van der Waals surface area contributed by atoms with Gasteiger partial charge in [0.2, 0.25) is 5.91 Å². The van der Waals surface area contributed by atoms with Gasteiger partial charge in [-0.15, -0.1) is 11.3 Å². The molecule has 0 aliphatic carbocycles. The number of aryl methyl sites for hydroxylation is 1. The van der Waals surface area contributed by atoms with Crippen molar-refractivity contribution in [2.45, 2.75) is 39.4 Å². The third-order valence-electron chi connectivity index (χ3n) is 4.48. The second kappa shape index (κ2) is 8.85. The highest BCUT2D eigenvalue weighted by molar-refractivity contribution is 7.11. The number of carbonyl (C=O) groups is 1. The molecule has 0 atom stereocenters. The van der Waals surface area contributed by atoms with Crippen molar-refractivity contribution in [3.8, 4) is 0 Å². The van der Waals surface area contributed by atoms with Crippen LogP contribution in [-0.4, -0.2) is 30.4 Å². The predicted octanol–water partition coefficient (Wildman–Crippen LogP) is 3.04. The van der Waals surface area contributed by atoms with Gasteiger partial charge in [0.1, 0.15) is 0 Å². The van der Waals surface area contributed by atoms with E-state index in [9.17, 15) is 4.79 Å². The summed E-state index contributed by atoms with van der Waals surface area (Å²) >= 11 is 1.80. The Hall–Kier alpha value is -2.34. The lowest BCUT2D eigenvalue weighted by Crippen LogP contribution is -2.36. The maximum absolute atomic E-state index is 11.7. The highest BCUT2D eigenvalue weighted by atomic mass is 32.1. The van der Waals surface area contributed by atoms with Gasteiger partial charge in [-0.2, -0.15) is 0 Å². The van der Waals surface area contributed by atoms with Gasteiger partial charge in [0.25, 0.3) is 0 Å². The lowest BCUT2D eigenvalue weighted by molar-refractivity contribution is -0.128. The minimum atomic E-state index is 0.270. The number of hydrogen-bond donors (Lipinski definition) is 2. The number of nitrogens with zero attached hydrogens (tertiary/aromatic N) is 2. The molecule has 138 valence electrons.